The van der Waals surface area contributed by atoms with Crippen LogP contribution in [0.3, 0.4) is 0 Å². The lowest BCUT2D eigenvalue weighted by molar-refractivity contribution is -0.139. The SMILES string of the molecule is CCOC(=O)C1=C(C)OC(N)=C(C#N)C1c1cc(Br)c(OCc2ccc(Cl)c(Cl)c2)c(OC)c1. The van der Waals surface area contributed by atoms with Crippen molar-refractivity contribution in [3.05, 3.63) is 78.8 Å². The molecule has 0 fully saturated rings. The summed E-state index contributed by atoms with van der Waals surface area (Å²) in [5.74, 6) is -0.415. The zero-order valence-electron chi connectivity index (χ0n) is 18.6. The van der Waals surface area contributed by atoms with Crippen LogP contribution in [0.15, 0.2) is 57.6 Å². The molecule has 2 N–H and O–H groups in total. The fourth-order valence-electron chi connectivity index (χ4n) is 3.52. The lowest BCUT2D eigenvalue weighted by Gasteiger charge is -2.27. The molecule has 1 aliphatic rings. The third kappa shape index (κ3) is 5.27. The van der Waals surface area contributed by atoms with Crippen LogP contribution < -0.4 is 15.2 Å². The highest BCUT2D eigenvalue weighted by Crippen LogP contribution is 2.45. The number of esters is 1. The molecular formula is C24H21BrCl2N2O5. The molecule has 3 rings (SSSR count). The number of rotatable bonds is 7. The number of hydrogen-bond donors (Lipinski definition) is 1. The van der Waals surface area contributed by atoms with Crippen molar-refractivity contribution in [2.45, 2.75) is 26.4 Å². The molecule has 2 aromatic carbocycles. The topological polar surface area (TPSA) is 104 Å². The van der Waals surface area contributed by atoms with Gasteiger partial charge in [0, 0.05) is 0 Å². The Morgan fingerprint density at radius 3 is 2.62 bits per heavy atom. The molecule has 1 aliphatic heterocycles. The molecule has 1 heterocycles. The van der Waals surface area contributed by atoms with Crippen molar-refractivity contribution < 1.29 is 23.7 Å². The molecule has 34 heavy (non-hydrogen) atoms. The van der Waals surface area contributed by atoms with E-state index in [4.69, 9.17) is 47.9 Å². The second-order valence-corrected chi connectivity index (χ2v) is 8.86. The molecule has 0 saturated heterocycles. The maximum atomic E-state index is 12.8. The van der Waals surface area contributed by atoms with Crippen LogP contribution in [0.1, 0.15) is 30.9 Å². The number of carbonyl (C=O) groups excluding carboxylic acids is 1. The van der Waals surface area contributed by atoms with E-state index in [0.29, 0.717) is 31.6 Å². The van der Waals surface area contributed by atoms with Gasteiger partial charge in [0.2, 0.25) is 5.88 Å². The number of allylic oxidation sites excluding steroid dienone is 2. The summed E-state index contributed by atoms with van der Waals surface area (Å²) in [5.41, 5.74) is 7.63. The Labute approximate surface area is 215 Å². The zero-order valence-corrected chi connectivity index (χ0v) is 21.7. The van der Waals surface area contributed by atoms with Crippen molar-refractivity contribution in [1.29, 1.82) is 5.26 Å². The average molecular weight is 568 g/mol. The highest BCUT2D eigenvalue weighted by Gasteiger charge is 2.37. The van der Waals surface area contributed by atoms with Crippen LogP contribution in [0, 0.1) is 11.3 Å². The summed E-state index contributed by atoms with van der Waals surface area (Å²) in [7, 11) is 1.49. The molecule has 0 amide bonds. The Morgan fingerprint density at radius 2 is 2.00 bits per heavy atom. The summed E-state index contributed by atoms with van der Waals surface area (Å²) >= 11 is 15.6. The molecule has 0 bridgehead atoms. The summed E-state index contributed by atoms with van der Waals surface area (Å²) in [6, 6.07) is 10.7. The molecule has 0 aromatic heterocycles. The monoisotopic (exact) mass is 566 g/mol. The number of hydrogen-bond acceptors (Lipinski definition) is 7. The van der Waals surface area contributed by atoms with Gasteiger partial charge in [0.05, 0.1) is 39.7 Å². The van der Waals surface area contributed by atoms with Gasteiger partial charge < -0.3 is 24.7 Å². The van der Waals surface area contributed by atoms with Crippen molar-refractivity contribution in [3.63, 3.8) is 0 Å². The molecule has 7 nitrogen and oxygen atoms in total. The summed E-state index contributed by atoms with van der Waals surface area (Å²) in [4.78, 5) is 12.8. The molecular weight excluding hydrogens is 547 g/mol. The first-order chi connectivity index (χ1) is 16.2. The fraction of sp³-hybridized carbons (Fsp3) is 0.250. The van der Waals surface area contributed by atoms with Crippen molar-refractivity contribution in [2.24, 2.45) is 5.73 Å². The Hall–Kier alpha value is -2.86. The lowest BCUT2D eigenvalue weighted by Crippen LogP contribution is -2.25. The number of carbonyl (C=O) groups is 1. The van der Waals surface area contributed by atoms with Crippen molar-refractivity contribution in [1.82, 2.24) is 0 Å². The van der Waals surface area contributed by atoms with Crippen LogP contribution in [-0.4, -0.2) is 19.7 Å². The molecule has 0 saturated carbocycles. The third-order valence-electron chi connectivity index (χ3n) is 5.05. The number of methoxy groups -OCH3 is 1. The number of nitrogens with two attached hydrogens (primary N) is 1. The second-order valence-electron chi connectivity index (χ2n) is 7.19. The van der Waals surface area contributed by atoms with E-state index >= 15 is 0 Å². The van der Waals surface area contributed by atoms with Gasteiger partial charge in [-0.15, -0.1) is 0 Å². The predicted molar refractivity (Wildman–Crippen MR) is 131 cm³/mol. The summed E-state index contributed by atoms with van der Waals surface area (Å²) in [6.07, 6.45) is 0. The van der Waals surface area contributed by atoms with E-state index in [1.54, 1.807) is 44.2 Å². The Balaban J connectivity index is 2.03. The normalized spacial score (nSPS) is 15.5. The molecule has 1 atom stereocenters. The summed E-state index contributed by atoms with van der Waals surface area (Å²) < 4.78 is 22.8. The van der Waals surface area contributed by atoms with E-state index in [0.717, 1.165) is 5.56 Å². The Bertz CT molecular complexity index is 1240. The van der Waals surface area contributed by atoms with Gasteiger partial charge in [-0.25, -0.2) is 4.79 Å². The third-order valence-corrected chi connectivity index (χ3v) is 6.38. The Kier molecular flexibility index (Phi) is 8.37. The first kappa shape index (κ1) is 25.8. The van der Waals surface area contributed by atoms with E-state index in [1.807, 2.05) is 0 Å². The van der Waals surface area contributed by atoms with Crippen LogP contribution in [0.2, 0.25) is 10.0 Å². The van der Waals surface area contributed by atoms with E-state index in [1.165, 1.54) is 7.11 Å². The predicted octanol–water partition coefficient (Wildman–Crippen LogP) is 5.99. The molecule has 0 radical (unpaired) electrons. The number of halogens is 3. The first-order valence-corrected chi connectivity index (χ1v) is 11.7. The fourth-order valence-corrected chi connectivity index (χ4v) is 4.41. The lowest BCUT2D eigenvalue weighted by atomic mass is 9.83. The maximum Gasteiger partial charge on any atom is 0.338 e. The first-order valence-electron chi connectivity index (χ1n) is 10.1. The minimum absolute atomic E-state index is 0.0759. The largest absolute Gasteiger partial charge is 0.493 e. The van der Waals surface area contributed by atoms with E-state index < -0.39 is 11.9 Å². The zero-order chi connectivity index (χ0) is 25.0. The van der Waals surface area contributed by atoms with Crippen LogP contribution >= 0.6 is 39.1 Å². The van der Waals surface area contributed by atoms with Crippen LogP contribution in [0.25, 0.3) is 0 Å². The van der Waals surface area contributed by atoms with Gasteiger partial charge in [0.1, 0.15) is 24.0 Å². The molecule has 0 spiro atoms. The summed E-state index contributed by atoms with van der Waals surface area (Å²) in [6.45, 7) is 3.66. The smallest absolute Gasteiger partial charge is 0.338 e. The van der Waals surface area contributed by atoms with Crippen molar-refractivity contribution in [2.75, 3.05) is 13.7 Å². The van der Waals surface area contributed by atoms with Gasteiger partial charge >= 0.3 is 5.97 Å². The molecule has 1 unspecified atom stereocenters. The number of benzene rings is 2. The average Bonchev–Trinajstić information content (AvgIpc) is 2.79. The highest BCUT2D eigenvalue weighted by molar-refractivity contribution is 9.10. The molecule has 10 heteroatoms. The van der Waals surface area contributed by atoms with Gasteiger partial charge in [0.15, 0.2) is 11.5 Å². The van der Waals surface area contributed by atoms with Crippen LogP contribution in [0.4, 0.5) is 0 Å². The van der Waals surface area contributed by atoms with Gasteiger partial charge in [-0.3, -0.25) is 0 Å². The van der Waals surface area contributed by atoms with E-state index in [9.17, 15) is 10.1 Å². The number of nitriles is 1. The van der Waals surface area contributed by atoms with Gasteiger partial charge in [-0.1, -0.05) is 29.3 Å². The van der Waals surface area contributed by atoms with Crippen LogP contribution in [-0.2, 0) is 20.9 Å². The van der Waals surface area contributed by atoms with E-state index in [2.05, 4.69) is 22.0 Å². The second kappa shape index (κ2) is 11.0. The standard InChI is InChI=1S/C24H21BrCl2N2O5/c1-4-32-24(30)20-12(2)34-23(29)15(10-28)21(20)14-8-16(25)22(19(9-14)31-3)33-11-13-5-6-17(26)18(27)7-13/h5-9,21H,4,11,29H2,1-3H3. The Morgan fingerprint density at radius 1 is 1.26 bits per heavy atom. The maximum absolute atomic E-state index is 12.8. The van der Waals surface area contributed by atoms with E-state index in [-0.39, 0.29) is 36.0 Å². The quantitative estimate of drug-likeness (QED) is 0.410. The van der Waals surface area contributed by atoms with Crippen molar-refractivity contribution in [3.8, 4) is 17.6 Å². The van der Waals surface area contributed by atoms with Crippen molar-refractivity contribution >= 4 is 45.1 Å². The molecule has 0 aliphatic carbocycles. The highest BCUT2D eigenvalue weighted by atomic mass is 79.9. The molecule has 2 aromatic rings. The van der Waals surface area contributed by atoms with Gasteiger partial charge in [0.25, 0.3) is 0 Å². The number of nitrogens with zero attached hydrogens (tertiary/aromatic N) is 1. The van der Waals surface area contributed by atoms with Gasteiger partial charge in [-0.05, 0) is 65.2 Å². The minimum atomic E-state index is -0.813. The number of ether oxygens (including phenoxy) is 4. The summed E-state index contributed by atoms with van der Waals surface area (Å²) in [5, 5.41) is 10.7. The van der Waals surface area contributed by atoms with Crippen LogP contribution in [0.5, 0.6) is 11.5 Å². The van der Waals surface area contributed by atoms with Gasteiger partial charge in [-0.2, -0.15) is 5.26 Å². The minimum Gasteiger partial charge on any atom is -0.493 e. The molecule has 178 valence electrons.